The summed E-state index contributed by atoms with van der Waals surface area (Å²) in [7, 11) is 1.94. The second-order valence-corrected chi connectivity index (χ2v) is 6.89. The topological polar surface area (TPSA) is 47.7 Å². The number of aryl methyl sites for hydroxylation is 3. The van der Waals surface area contributed by atoms with E-state index in [0.717, 1.165) is 35.0 Å². The lowest BCUT2D eigenvalue weighted by molar-refractivity contribution is 0.423. The summed E-state index contributed by atoms with van der Waals surface area (Å²) in [5.41, 5.74) is 3.98. The molecule has 0 bridgehead atoms. The van der Waals surface area contributed by atoms with Crippen LogP contribution in [0.4, 0.5) is 0 Å². The molecule has 0 aliphatic heterocycles. The molecule has 0 amide bonds. The van der Waals surface area contributed by atoms with E-state index in [0.29, 0.717) is 5.02 Å². The SMILES string of the molecule is Cc1nn(-c2c(CNC(C)(C)C)c(C)nn2C)c(C)c1Cl. The van der Waals surface area contributed by atoms with Crippen LogP contribution in [-0.4, -0.2) is 25.1 Å². The van der Waals surface area contributed by atoms with Crippen molar-refractivity contribution >= 4 is 11.6 Å². The van der Waals surface area contributed by atoms with E-state index in [1.54, 1.807) is 0 Å². The Balaban J connectivity index is 2.50. The van der Waals surface area contributed by atoms with Crippen molar-refractivity contribution in [1.29, 1.82) is 0 Å². The van der Waals surface area contributed by atoms with Crippen molar-refractivity contribution in [2.24, 2.45) is 7.05 Å². The molecular weight excluding hydrogens is 286 g/mol. The maximum Gasteiger partial charge on any atom is 0.156 e. The summed E-state index contributed by atoms with van der Waals surface area (Å²) in [6.07, 6.45) is 0. The summed E-state index contributed by atoms with van der Waals surface area (Å²) in [4.78, 5) is 0. The molecule has 0 saturated carbocycles. The first-order chi connectivity index (χ1) is 9.61. The maximum absolute atomic E-state index is 6.28. The molecule has 116 valence electrons. The lowest BCUT2D eigenvalue weighted by Crippen LogP contribution is -2.35. The Morgan fingerprint density at radius 1 is 1.10 bits per heavy atom. The number of nitrogens with one attached hydrogen (secondary N) is 1. The second kappa shape index (κ2) is 5.46. The van der Waals surface area contributed by atoms with Gasteiger partial charge in [-0.15, -0.1) is 0 Å². The van der Waals surface area contributed by atoms with Crippen molar-refractivity contribution in [3.8, 4) is 5.82 Å². The molecular formula is C15H24ClN5. The lowest BCUT2D eigenvalue weighted by Gasteiger charge is -2.21. The van der Waals surface area contributed by atoms with Crippen LogP contribution in [0.3, 0.4) is 0 Å². The third-order valence-corrected chi connectivity index (χ3v) is 4.06. The second-order valence-electron chi connectivity index (χ2n) is 6.51. The van der Waals surface area contributed by atoms with Gasteiger partial charge in [0.2, 0.25) is 0 Å². The number of aromatic nitrogens is 4. The zero-order chi connectivity index (χ0) is 15.9. The van der Waals surface area contributed by atoms with Crippen LogP contribution in [0.5, 0.6) is 0 Å². The van der Waals surface area contributed by atoms with Gasteiger partial charge < -0.3 is 5.32 Å². The first kappa shape index (κ1) is 16.0. The summed E-state index contributed by atoms with van der Waals surface area (Å²) in [6.45, 7) is 13.1. The van der Waals surface area contributed by atoms with Crippen molar-refractivity contribution in [2.75, 3.05) is 0 Å². The average Bonchev–Trinajstić information content (AvgIpc) is 2.77. The molecule has 0 aromatic carbocycles. The molecule has 2 aromatic heterocycles. The Kier molecular flexibility index (Phi) is 4.17. The number of rotatable bonds is 3. The predicted molar refractivity (Wildman–Crippen MR) is 86.1 cm³/mol. The van der Waals surface area contributed by atoms with Crippen LogP contribution in [0, 0.1) is 20.8 Å². The third kappa shape index (κ3) is 3.14. The van der Waals surface area contributed by atoms with E-state index in [9.17, 15) is 0 Å². The molecule has 6 heteroatoms. The molecule has 2 rings (SSSR count). The molecule has 0 unspecified atom stereocenters. The van der Waals surface area contributed by atoms with Crippen molar-refractivity contribution in [3.63, 3.8) is 0 Å². The fourth-order valence-electron chi connectivity index (χ4n) is 2.35. The fraction of sp³-hybridized carbons (Fsp3) is 0.600. The lowest BCUT2D eigenvalue weighted by atomic mass is 10.1. The van der Waals surface area contributed by atoms with Gasteiger partial charge in [-0.25, -0.2) is 4.68 Å². The summed E-state index contributed by atoms with van der Waals surface area (Å²) in [5.74, 6) is 0.969. The van der Waals surface area contributed by atoms with E-state index in [2.05, 4.69) is 36.3 Å². The largest absolute Gasteiger partial charge is 0.308 e. The average molecular weight is 310 g/mol. The van der Waals surface area contributed by atoms with E-state index >= 15 is 0 Å². The Bertz CT molecular complexity index is 661. The van der Waals surface area contributed by atoms with Crippen LogP contribution in [0.1, 0.15) is 43.4 Å². The van der Waals surface area contributed by atoms with Gasteiger partial charge >= 0.3 is 0 Å². The molecule has 21 heavy (non-hydrogen) atoms. The fourth-order valence-corrected chi connectivity index (χ4v) is 2.46. The van der Waals surface area contributed by atoms with Gasteiger partial charge in [0.1, 0.15) is 0 Å². The van der Waals surface area contributed by atoms with Gasteiger partial charge in [0.25, 0.3) is 0 Å². The van der Waals surface area contributed by atoms with Crippen molar-refractivity contribution in [1.82, 2.24) is 24.9 Å². The summed E-state index contributed by atoms with van der Waals surface area (Å²) < 4.78 is 3.75. The molecule has 1 N–H and O–H groups in total. The quantitative estimate of drug-likeness (QED) is 0.948. The summed E-state index contributed by atoms with van der Waals surface area (Å²) in [5, 5.41) is 13.3. The molecule has 0 aliphatic rings. The zero-order valence-corrected chi connectivity index (χ0v) is 14.6. The highest BCUT2D eigenvalue weighted by Crippen LogP contribution is 2.25. The minimum Gasteiger partial charge on any atom is -0.308 e. The Morgan fingerprint density at radius 2 is 1.71 bits per heavy atom. The normalized spacial score (nSPS) is 12.2. The van der Waals surface area contributed by atoms with Gasteiger partial charge in [-0.3, -0.25) is 4.68 Å². The van der Waals surface area contributed by atoms with Crippen molar-refractivity contribution < 1.29 is 0 Å². The van der Waals surface area contributed by atoms with Gasteiger partial charge in [-0.2, -0.15) is 10.2 Å². The molecule has 0 atom stereocenters. The molecule has 0 radical (unpaired) electrons. The number of hydrogen-bond donors (Lipinski definition) is 1. The highest BCUT2D eigenvalue weighted by molar-refractivity contribution is 6.31. The summed E-state index contributed by atoms with van der Waals surface area (Å²) >= 11 is 6.28. The summed E-state index contributed by atoms with van der Waals surface area (Å²) in [6, 6.07) is 0. The zero-order valence-electron chi connectivity index (χ0n) is 13.9. The van der Waals surface area contributed by atoms with Crippen LogP contribution in [0.15, 0.2) is 0 Å². The number of nitrogens with zero attached hydrogens (tertiary/aromatic N) is 4. The van der Waals surface area contributed by atoms with Gasteiger partial charge in [0, 0.05) is 24.7 Å². The standard InChI is InChI=1S/C15H24ClN5/c1-9-12(8-17-15(4,5)6)14(20(7)18-9)21-11(3)13(16)10(2)19-21/h17H,8H2,1-7H3. The monoisotopic (exact) mass is 309 g/mol. The highest BCUT2D eigenvalue weighted by atomic mass is 35.5. The minimum atomic E-state index is 0.0479. The van der Waals surface area contributed by atoms with Crippen LogP contribution in [0.25, 0.3) is 5.82 Å². The molecule has 2 heterocycles. The van der Waals surface area contributed by atoms with Crippen molar-refractivity contribution in [2.45, 2.75) is 53.6 Å². The molecule has 0 aliphatic carbocycles. The van der Waals surface area contributed by atoms with Gasteiger partial charge in [-0.05, 0) is 41.5 Å². The Morgan fingerprint density at radius 3 is 2.19 bits per heavy atom. The maximum atomic E-state index is 6.28. The van der Waals surface area contributed by atoms with Crippen LogP contribution < -0.4 is 5.32 Å². The molecule has 0 fully saturated rings. The van der Waals surface area contributed by atoms with E-state index < -0.39 is 0 Å². The highest BCUT2D eigenvalue weighted by Gasteiger charge is 2.21. The molecule has 0 saturated heterocycles. The Labute approximate surface area is 131 Å². The van der Waals surface area contributed by atoms with Crippen LogP contribution in [0.2, 0.25) is 5.02 Å². The first-order valence-corrected chi connectivity index (χ1v) is 7.49. The molecule has 0 spiro atoms. The van der Waals surface area contributed by atoms with E-state index in [-0.39, 0.29) is 5.54 Å². The van der Waals surface area contributed by atoms with Crippen molar-refractivity contribution in [3.05, 3.63) is 27.7 Å². The minimum absolute atomic E-state index is 0.0479. The van der Waals surface area contributed by atoms with E-state index in [4.69, 9.17) is 11.6 Å². The van der Waals surface area contributed by atoms with E-state index in [1.807, 2.05) is 37.2 Å². The van der Waals surface area contributed by atoms with E-state index in [1.165, 1.54) is 0 Å². The molecule has 5 nitrogen and oxygen atoms in total. The predicted octanol–water partition coefficient (Wildman–Crippen LogP) is 3.07. The Hall–Kier alpha value is -1.33. The first-order valence-electron chi connectivity index (χ1n) is 7.11. The number of halogens is 1. The van der Waals surface area contributed by atoms with Crippen LogP contribution in [-0.2, 0) is 13.6 Å². The smallest absolute Gasteiger partial charge is 0.156 e. The van der Waals surface area contributed by atoms with Crippen LogP contribution >= 0.6 is 11.6 Å². The number of hydrogen-bond acceptors (Lipinski definition) is 3. The van der Waals surface area contributed by atoms with Gasteiger partial charge in [-0.1, -0.05) is 11.6 Å². The molecule has 2 aromatic rings. The third-order valence-electron chi connectivity index (χ3n) is 3.51. The van der Waals surface area contributed by atoms with Gasteiger partial charge in [0.05, 0.1) is 22.1 Å². The van der Waals surface area contributed by atoms with Gasteiger partial charge in [0.15, 0.2) is 5.82 Å².